The summed E-state index contributed by atoms with van der Waals surface area (Å²) in [6.07, 6.45) is 7.89. The lowest BCUT2D eigenvalue weighted by molar-refractivity contribution is -0.123. The van der Waals surface area contributed by atoms with Crippen LogP contribution in [0.4, 0.5) is 0 Å². The monoisotopic (exact) mass is 511 g/mol. The van der Waals surface area contributed by atoms with Crippen LogP contribution < -0.4 is 10.1 Å². The lowest BCUT2D eigenvalue weighted by Gasteiger charge is -2.48. The van der Waals surface area contributed by atoms with E-state index in [1.165, 1.54) is 12.8 Å². The smallest absolute Gasteiger partial charge is 0.254 e. The van der Waals surface area contributed by atoms with Gasteiger partial charge in [0.1, 0.15) is 11.9 Å². The summed E-state index contributed by atoms with van der Waals surface area (Å²) in [5.74, 6) is 1.40. The largest absolute Gasteiger partial charge is 0.489 e. The van der Waals surface area contributed by atoms with E-state index in [9.17, 15) is 9.59 Å². The number of carbonyl (C=O) groups excluding carboxylic acids is 2. The Hall–Kier alpha value is -3.52. The zero-order valence-corrected chi connectivity index (χ0v) is 21.5. The van der Waals surface area contributed by atoms with Gasteiger partial charge in [0.05, 0.1) is 22.8 Å². The van der Waals surface area contributed by atoms with Gasteiger partial charge in [-0.2, -0.15) is 0 Å². The number of ether oxygens (including phenoxy) is 1. The van der Waals surface area contributed by atoms with Crippen LogP contribution in [0.1, 0.15) is 66.1 Å². The van der Waals surface area contributed by atoms with Gasteiger partial charge in [0.25, 0.3) is 5.91 Å². The van der Waals surface area contributed by atoms with E-state index < -0.39 is 0 Å². The van der Waals surface area contributed by atoms with E-state index in [0.29, 0.717) is 31.5 Å². The van der Waals surface area contributed by atoms with Crippen molar-refractivity contribution in [2.24, 2.45) is 0 Å². The molecule has 1 N–H and O–H groups in total. The van der Waals surface area contributed by atoms with Gasteiger partial charge < -0.3 is 15.0 Å². The maximum absolute atomic E-state index is 13.0. The highest BCUT2D eigenvalue weighted by Gasteiger charge is 2.40. The Morgan fingerprint density at radius 2 is 1.82 bits per heavy atom. The molecule has 1 saturated carbocycles. The molecule has 8 heteroatoms. The van der Waals surface area contributed by atoms with Gasteiger partial charge in [-0.15, -0.1) is 0 Å². The molecule has 4 aliphatic rings. The van der Waals surface area contributed by atoms with Crippen molar-refractivity contribution in [3.05, 3.63) is 65.5 Å². The van der Waals surface area contributed by atoms with Crippen molar-refractivity contribution < 1.29 is 14.3 Å². The minimum absolute atomic E-state index is 0.0614. The van der Waals surface area contributed by atoms with Crippen molar-refractivity contribution in [3.63, 3.8) is 0 Å². The number of rotatable bonds is 5. The number of piperidine rings is 1. The molecule has 1 aromatic heterocycles. The van der Waals surface area contributed by atoms with Gasteiger partial charge in [-0.05, 0) is 61.6 Å². The van der Waals surface area contributed by atoms with Crippen molar-refractivity contribution >= 4 is 22.8 Å². The van der Waals surface area contributed by atoms with Crippen molar-refractivity contribution in [2.75, 3.05) is 19.6 Å². The highest BCUT2D eigenvalue weighted by Crippen LogP contribution is 2.36. The summed E-state index contributed by atoms with van der Waals surface area (Å²) in [5, 5.41) is 2.90. The van der Waals surface area contributed by atoms with Crippen LogP contribution in [0, 0.1) is 0 Å². The fourth-order valence-corrected chi connectivity index (χ4v) is 6.62. The summed E-state index contributed by atoms with van der Waals surface area (Å²) >= 11 is 0. The molecule has 3 aliphatic heterocycles. The quantitative estimate of drug-likeness (QED) is 0.563. The Kier molecular flexibility index (Phi) is 5.99. The van der Waals surface area contributed by atoms with Gasteiger partial charge in [-0.3, -0.25) is 19.5 Å². The van der Waals surface area contributed by atoms with Gasteiger partial charge in [-0.25, -0.2) is 4.98 Å². The molecule has 3 atom stereocenters. The molecule has 38 heavy (non-hydrogen) atoms. The van der Waals surface area contributed by atoms with Gasteiger partial charge in [-0.1, -0.05) is 18.6 Å². The van der Waals surface area contributed by atoms with Crippen molar-refractivity contribution in [1.29, 1.82) is 0 Å². The number of hydrogen-bond acceptors (Lipinski definition) is 6. The molecule has 0 bridgehead atoms. The molecule has 0 spiro atoms. The van der Waals surface area contributed by atoms with Crippen molar-refractivity contribution in [1.82, 2.24) is 25.1 Å². The average molecular weight is 512 g/mol. The summed E-state index contributed by atoms with van der Waals surface area (Å²) < 4.78 is 6.62. The fourth-order valence-electron chi connectivity index (χ4n) is 6.62. The first-order valence-electron chi connectivity index (χ1n) is 14.0. The molecule has 7 rings (SSSR count). The molecule has 2 amide bonds. The first-order chi connectivity index (χ1) is 18.6. The standard InChI is InChI=1S/C30H33N5O3/c36-29-12-9-21(14-32-29)35-18-19-13-22(10-11-23(19)30(35)37)38-28-8-4-3-7-27(28)34-16-20(17-34)26-15-31-24-5-1-2-6-25(24)33-26/h1-2,5-6,10-11,13,15,20-21,27-28H,3-4,7-9,12,14,16-18H2,(H,32,36)/t21?,27-,28-/m0/s1. The van der Waals surface area contributed by atoms with Gasteiger partial charge in [0.2, 0.25) is 5.91 Å². The van der Waals surface area contributed by atoms with Crippen molar-refractivity contribution in [3.8, 4) is 5.75 Å². The van der Waals surface area contributed by atoms with E-state index in [0.717, 1.165) is 66.0 Å². The molecule has 1 unspecified atom stereocenters. The number of nitrogens with one attached hydrogen (secondary N) is 1. The zero-order chi connectivity index (χ0) is 25.6. The predicted molar refractivity (Wildman–Crippen MR) is 143 cm³/mol. The highest BCUT2D eigenvalue weighted by molar-refractivity contribution is 5.98. The van der Waals surface area contributed by atoms with Crippen molar-refractivity contribution in [2.45, 2.75) is 69.2 Å². The number of amides is 2. The molecule has 1 aliphatic carbocycles. The van der Waals surface area contributed by atoms with E-state index in [1.54, 1.807) is 0 Å². The van der Waals surface area contributed by atoms with Crippen LogP contribution in [0.2, 0.25) is 0 Å². The number of benzene rings is 2. The molecule has 3 aromatic rings. The third-order valence-corrected chi connectivity index (χ3v) is 8.81. The zero-order valence-electron chi connectivity index (χ0n) is 21.5. The van der Waals surface area contributed by atoms with Crippen LogP contribution in [0.15, 0.2) is 48.7 Å². The van der Waals surface area contributed by atoms with Crippen LogP contribution in [0.25, 0.3) is 11.0 Å². The normalized spacial score (nSPS) is 26.2. The summed E-state index contributed by atoms with van der Waals surface area (Å²) in [5.41, 5.74) is 4.77. The fraction of sp³-hybridized carbons (Fsp3) is 0.467. The van der Waals surface area contributed by atoms with Crippen LogP contribution >= 0.6 is 0 Å². The molecule has 8 nitrogen and oxygen atoms in total. The number of carbonyl (C=O) groups is 2. The van der Waals surface area contributed by atoms with Crippen LogP contribution in [-0.4, -0.2) is 69.4 Å². The maximum atomic E-state index is 13.0. The Bertz CT molecular complexity index is 1380. The Morgan fingerprint density at radius 1 is 0.974 bits per heavy atom. The number of nitrogens with zero attached hydrogens (tertiary/aromatic N) is 4. The van der Waals surface area contributed by atoms with Gasteiger partial charge in [0, 0.05) is 56.3 Å². The average Bonchev–Trinajstić information content (AvgIpc) is 3.24. The Labute approximate surface area is 222 Å². The third-order valence-electron chi connectivity index (χ3n) is 8.81. The SMILES string of the molecule is O=C1CCC(N2Cc3cc(O[C@H]4CCCC[C@@H]4N4CC(c5cnc6ccccc6n5)C4)ccc3C2=O)CN1. The maximum Gasteiger partial charge on any atom is 0.254 e. The molecule has 4 heterocycles. The molecule has 0 radical (unpaired) electrons. The molecule has 2 aromatic carbocycles. The summed E-state index contributed by atoms with van der Waals surface area (Å²) in [6, 6.07) is 14.4. The second-order valence-electron chi connectivity index (χ2n) is 11.2. The van der Waals surface area contributed by atoms with E-state index in [-0.39, 0.29) is 24.0 Å². The van der Waals surface area contributed by atoms with Crippen LogP contribution in [0.3, 0.4) is 0 Å². The number of para-hydroxylation sites is 2. The van der Waals surface area contributed by atoms with E-state index in [2.05, 4.69) is 21.3 Å². The first-order valence-corrected chi connectivity index (χ1v) is 14.0. The van der Waals surface area contributed by atoms with Crippen LogP contribution in [0.5, 0.6) is 5.75 Å². The summed E-state index contributed by atoms with van der Waals surface area (Å²) in [6.45, 7) is 3.10. The minimum Gasteiger partial charge on any atom is -0.489 e. The molecule has 3 fully saturated rings. The van der Waals surface area contributed by atoms with E-state index in [1.807, 2.05) is 47.5 Å². The molecule has 2 saturated heterocycles. The summed E-state index contributed by atoms with van der Waals surface area (Å²) in [4.78, 5) is 38.6. The minimum atomic E-state index is 0.0614. The first kappa shape index (κ1) is 23.6. The highest BCUT2D eigenvalue weighted by atomic mass is 16.5. The van der Waals surface area contributed by atoms with Gasteiger partial charge >= 0.3 is 0 Å². The van der Waals surface area contributed by atoms with Gasteiger partial charge in [0.15, 0.2) is 0 Å². The number of fused-ring (bicyclic) bond motifs is 2. The molecular formula is C30H33N5O3. The summed E-state index contributed by atoms with van der Waals surface area (Å²) in [7, 11) is 0. The lowest BCUT2D eigenvalue weighted by Crippen LogP contribution is -2.57. The second kappa shape index (κ2) is 9.66. The predicted octanol–water partition coefficient (Wildman–Crippen LogP) is 3.65. The van der Waals surface area contributed by atoms with E-state index in [4.69, 9.17) is 9.72 Å². The number of likely N-dealkylation sites (tertiary alicyclic amines) is 1. The molecule has 196 valence electrons. The topological polar surface area (TPSA) is 87.7 Å². The number of hydrogen-bond donors (Lipinski definition) is 1. The third kappa shape index (κ3) is 4.30. The van der Waals surface area contributed by atoms with Crippen LogP contribution in [-0.2, 0) is 11.3 Å². The van der Waals surface area contributed by atoms with E-state index >= 15 is 0 Å². The molecular weight excluding hydrogens is 478 g/mol. The second-order valence-corrected chi connectivity index (χ2v) is 11.2. The Balaban J connectivity index is 1.01. The lowest BCUT2D eigenvalue weighted by atomic mass is 9.86. The Morgan fingerprint density at radius 3 is 2.66 bits per heavy atom. The number of aromatic nitrogens is 2.